The van der Waals surface area contributed by atoms with Gasteiger partial charge in [0.25, 0.3) is 0 Å². The van der Waals surface area contributed by atoms with E-state index in [2.05, 4.69) is 45.3 Å². The van der Waals surface area contributed by atoms with Crippen LogP contribution in [-0.2, 0) is 0 Å². The molecule has 0 unspecified atom stereocenters. The Kier molecular flexibility index (Phi) is 3.09. The minimum absolute atomic E-state index is 0.835. The molecule has 0 radical (unpaired) electrons. The molecule has 0 aliphatic rings. The third kappa shape index (κ3) is 2.18. The van der Waals surface area contributed by atoms with E-state index in [9.17, 15) is 0 Å². The van der Waals surface area contributed by atoms with Crippen molar-refractivity contribution in [3.63, 3.8) is 0 Å². The molecule has 3 nitrogen and oxygen atoms in total. The molecule has 2 aromatic carbocycles. The topological polar surface area (TPSA) is 30.2 Å². The van der Waals surface area contributed by atoms with Crippen LogP contribution in [0, 0.1) is 0 Å². The van der Waals surface area contributed by atoms with Gasteiger partial charge in [0.1, 0.15) is 11.4 Å². The Morgan fingerprint density at radius 3 is 2.14 bits per heavy atom. The van der Waals surface area contributed by atoms with Crippen LogP contribution in [0.1, 0.15) is 0 Å². The average Bonchev–Trinajstić information content (AvgIpc) is 3.05. The summed E-state index contributed by atoms with van der Waals surface area (Å²) in [4.78, 5) is 5.66. The molecule has 0 fully saturated rings. The molecule has 2 heterocycles. The fraction of sp³-hybridized carbons (Fsp3) is 0. The first-order valence-corrected chi connectivity index (χ1v) is 8.10. The van der Waals surface area contributed by atoms with E-state index < -0.39 is 0 Å². The summed E-state index contributed by atoms with van der Waals surface area (Å²) in [5.74, 6) is 0. The molecule has 102 valence electrons. The van der Waals surface area contributed by atoms with Crippen molar-refractivity contribution >= 4 is 32.2 Å². The van der Waals surface area contributed by atoms with Gasteiger partial charge in [-0.15, -0.1) is 5.10 Å². The third-order valence-electron chi connectivity index (χ3n) is 3.27. The summed E-state index contributed by atoms with van der Waals surface area (Å²) in [5, 5.41) is 4.52. The Labute approximate surface area is 134 Å². The molecule has 0 saturated heterocycles. The molecule has 0 N–H and O–H groups in total. The number of benzene rings is 2. The molecule has 2 aromatic heterocycles. The quantitative estimate of drug-likeness (QED) is 0.512. The SMILES string of the molecule is Brc1nn2c(-c3ccccc3)c(-c3ccccc3)nc2s1. The monoisotopic (exact) mass is 355 g/mol. The van der Waals surface area contributed by atoms with Gasteiger partial charge in [-0.3, -0.25) is 0 Å². The highest BCUT2D eigenvalue weighted by molar-refractivity contribution is 9.11. The summed E-state index contributed by atoms with van der Waals surface area (Å²) in [6.45, 7) is 0. The van der Waals surface area contributed by atoms with Crippen LogP contribution >= 0.6 is 27.3 Å². The van der Waals surface area contributed by atoms with E-state index in [0.717, 1.165) is 31.4 Å². The van der Waals surface area contributed by atoms with Crippen molar-refractivity contribution in [1.29, 1.82) is 0 Å². The van der Waals surface area contributed by atoms with Crippen LogP contribution in [-0.4, -0.2) is 14.6 Å². The molecule has 5 heteroatoms. The molecule has 0 atom stereocenters. The molecule has 0 saturated carbocycles. The number of aromatic nitrogens is 3. The van der Waals surface area contributed by atoms with Crippen molar-refractivity contribution in [2.75, 3.05) is 0 Å². The van der Waals surface area contributed by atoms with Gasteiger partial charge in [0, 0.05) is 11.1 Å². The molecule has 0 bridgehead atoms. The van der Waals surface area contributed by atoms with Gasteiger partial charge in [-0.1, -0.05) is 72.0 Å². The zero-order chi connectivity index (χ0) is 14.2. The number of halogens is 1. The van der Waals surface area contributed by atoms with Crippen LogP contribution in [0.3, 0.4) is 0 Å². The zero-order valence-corrected chi connectivity index (χ0v) is 13.3. The third-order valence-corrected chi connectivity index (χ3v) is 4.61. The van der Waals surface area contributed by atoms with Gasteiger partial charge in [0.2, 0.25) is 4.96 Å². The van der Waals surface area contributed by atoms with E-state index in [1.165, 1.54) is 11.3 Å². The lowest BCUT2D eigenvalue weighted by atomic mass is 10.1. The molecular weight excluding hydrogens is 346 g/mol. The Balaban J connectivity index is 2.05. The number of hydrogen-bond donors (Lipinski definition) is 0. The van der Waals surface area contributed by atoms with Crippen molar-refractivity contribution in [1.82, 2.24) is 14.6 Å². The van der Waals surface area contributed by atoms with Crippen LogP contribution in [0.2, 0.25) is 0 Å². The summed E-state index contributed by atoms with van der Waals surface area (Å²) >= 11 is 4.97. The first kappa shape index (κ1) is 12.7. The summed E-state index contributed by atoms with van der Waals surface area (Å²) < 4.78 is 2.74. The van der Waals surface area contributed by atoms with Crippen LogP contribution in [0.25, 0.3) is 27.5 Å². The fourth-order valence-corrected chi connectivity index (χ4v) is 3.60. The molecular formula is C16H10BrN3S. The Morgan fingerprint density at radius 2 is 1.48 bits per heavy atom. The van der Waals surface area contributed by atoms with Crippen LogP contribution in [0.4, 0.5) is 0 Å². The molecule has 0 spiro atoms. The largest absolute Gasteiger partial charge is 0.217 e. The molecule has 21 heavy (non-hydrogen) atoms. The normalized spacial score (nSPS) is 11.1. The first-order valence-electron chi connectivity index (χ1n) is 6.49. The number of rotatable bonds is 2. The highest BCUT2D eigenvalue weighted by Gasteiger charge is 2.18. The highest BCUT2D eigenvalue weighted by atomic mass is 79.9. The zero-order valence-electron chi connectivity index (χ0n) is 10.9. The van der Waals surface area contributed by atoms with Crippen molar-refractivity contribution in [2.45, 2.75) is 0 Å². The van der Waals surface area contributed by atoms with Crippen LogP contribution in [0.5, 0.6) is 0 Å². The molecule has 4 rings (SSSR count). The van der Waals surface area contributed by atoms with E-state index in [1.54, 1.807) is 0 Å². The lowest BCUT2D eigenvalue weighted by Crippen LogP contribution is -1.90. The predicted octanol–water partition coefficient (Wildman–Crippen LogP) is 4.89. The standard InChI is InChI=1S/C16H10BrN3S/c17-15-19-20-14(12-9-5-2-6-10-12)13(18-16(20)21-15)11-7-3-1-4-8-11/h1-10H. The maximum atomic E-state index is 4.77. The van der Waals surface area contributed by atoms with Gasteiger partial charge in [-0.2, -0.15) is 0 Å². The number of hydrogen-bond acceptors (Lipinski definition) is 3. The van der Waals surface area contributed by atoms with Crippen molar-refractivity contribution in [3.8, 4) is 22.5 Å². The number of fused-ring (bicyclic) bond motifs is 1. The smallest absolute Gasteiger partial charge is 0.214 e. The van der Waals surface area contributed by atoms with Crippen molar-refractivity contribution < 1.29 is 0 Å². The highest BCUT2D eigenvalue weighted by Crippen LogP contribution is 2.34. The first-order chi connectivity index (χ1) is 10.3. The number of imidazole rings is 1. The molecule has 4 aromatic rings. The van der Waals surface area contributed by atoms with E-state index in [-0.39, 0.29) is 0 Å². The summed E-state index contributed by atoms with van der Waals surface area (Å²) in [7, 11) is 0. The van der Waals surface area contributed by atoms with Gasteiger partial charge >= 0.3 is 0 Å². The van der Waals surface area contributed by atoms with Crippen molar-refractivity contribution in [2.24, 2.45) is 0 Å². The van der Waals surface area contributed by atoms with Gasteiger partial charge in [-0.05, 0) is 15.9 Å². The minimum atomic E-state index is 0.835. The molecule has 0 aliphatic carbocycles. The fourth-order valence-electron chi connectivity index (χ4n) is 2.38. The van der Waals surface area contributed by atoms with E-state index >= 15 is 0 Å². The second-order valence-electron chi connectivity index (χ2n) is 4.59. The average molecular weight is 356 g/mol. The predicted molar refractivity (Wildman–Crippen MR) is 89.4 cm³/mol. The lowest BCUT2D eigenvalue weighted by Gasteiger charge is -2.03. The number of nitrogens with zero attached hydrogens (tertiary/aromatic N) is 3. The van der Waals surface area contributed by atoms with E-state index in [4.69, 9.17) is 4.98 Å². The second kappa shape index (κ2) is 5.09. The maximum Gasteiger partial charge on any atom is 0.214 e. The summed E-state index contributed by atoms with van der Waals surface area (Å²) in [6.07, 6.45) is 0. The maximum absolute atomic E-state index is 4.77. The second-order valence-corrected chi connectivity index (χ2v) is 6.82. The van der Waals surface area contributed by atoms with Gasteiger partial charge in [0.05, 0.1) is 0 Å². The lowest BCUT2D eigenvalue weighted by molar-refractivity contribution is 0.966. The van der Waals surface area contributed by atoms with Crippen molar-refractivity contribution in [3.05, 3.63) is 64.6 Å². The van der Waals surface area contributed by atoms with E-state index in [0.29, 0.717) is 0 Å². The van der Waals surface area contributed by atoms with Crippen LogP contribution in [0.15, 0.2) is 64.6 Å². The van der Waals surface area contributed by atoms with Gasteiger partial charge in [0.15, 0.2) is 3.92 Å². The van der Waals surface area contributed by atoms with E-state index in [1.807, 2.05) is 40.9 Å². The van der Waals surface area contributed by atoms with Crippen LogP contribution < -0.4 is 0 Å². The Hall–Kier alpha value is -1.98. The molecule has 0 aliphatic heterocycles. The molecule has 0 amide bonds. The Morgan fingerprint density at radius 1 is 0.857 bits per heavy atom. The Bertz CT molecular complexity index is 897. The van der Waals surface area contributed by atoms with Gasteiger partial charge < -0.3 is 0 Å². The summed E-state index contributed by atoms with van der Waals surface area (Å²) in [6, 6.07) is 20.5. The minimum Gasteiger partial charge on any atom is -0.217 e. The van der Waals surface area contributed by atoms with Gasteiger partial charge in [-0.25, -0.2) is 9.50 Å². The summed E-state index contributed by atoms with van der Waals surface area (Å²) in [5.41, 5.74) is 4.21.